The Balaban J connectivity index is 1.35. The number of carbonyl (C=O) groups excluding carboxylic acids is 2. The molecule has 2 N–H and O–H groups in total. The van der Waals surface area contributed by atoms with Crippen LogP contribution in [-0.4, -0.2) is 77.6 Å². The minimum atomic E-state index is -0.455. The maximum atomic E-state index is 12.6. The summed E-state index contributed by atoms with van der Waals surface area (Å²) >= 11 is 1.79. The molecule has 0 spiro atoms. The number of anilines is 2. The zero-order chi connectivity index (χ0) is 21.1. The minimum Gasteiger partial charge on any atom is -0.387 e. The van der Waals surface area contributed by atoms with Gasteiger partial charge in [-0.3, -0.25) is 14.5 Å². The van der Waals surface area contributed by atoms with E-state index in [2.05, 4.69) is 31.5 Å². The molecule has 0 saturated carbocycles. The monoisotopic (exact) mass is 429 g/mol. The van der Waals surface area contributed by atoms with Gasteiger partial charge >= 0.3 is 0 Å². The lowest BCUT2D eigenvalue weighted by Gasteiger charge is -2.36. The first-order valence-electron chi connectivity index (χ1n) is 10.2. The Kier molecular flexibility index (Phi) is 6.31. The van der Waals surface area contributed by atoms with Crippen molar-refractivity contribution in [1.29, 1.82) is 0 Å². The molecule has 2 aliphatic heterocycles. The number of pyridine rings is 1. The predicted octanol–water partition coefficient (Wildman–Crippen LogP) is 1.09. The molecule has 2 aromatic heterocycles. The molecule has 1 saturated heterocycles. The summed E-state index contributed by atoms with van der Waals surface area (Å²) in [6.07, 6.45) is 0.998. The fourth-order valence-electron chi connectivity index (χ4n) is 4.00. The number of carbonyl (C=O) groups is 2. The molecular weight excluding hydrogens is 402 g/mol. The molecule has 2 aliphatic rings. The van der Waals surface area contributed by atoms with Crippen LogP contribution in [0.25, 0.3) is 0 Å². The standard InChI is InChI=1S/C21H27N5O3S/c1-15-2-3-18(23-21(15)26-9-7-25(8-10-26)20(29)14-27)22-19(28)13-24-6-4-17-16(12-24)5-11-30-17/h2-3,5,11,27H,4,6-10,12-14H2,1H3,(H,22,23,28). The van der Waals surface area contributed by atoms with Gasteiger partial charge in [0.2, 0.25) is 11.8 Å². The van der Waals surface area contributed by atoms with Gasteiger partial charge in [0.25, 0.3) is 0 Å². The van der Waals surface area contributed by atoms with Crippen LogP contribution in [0.4, 0.5) is 11.6 Å². The molecule has 4 heterocycles. The van der Waals surface area contributed by atoms with Crippen LogP contribution in [0.2, 0.25) is 0 Å². The number of fused-ring (bicyclic) bond motifs is 1. The number of thiophene rings is 1. The van der Waals surface area contributed by atoms with Crippen LogP contribution in [0.15, 0.2) is 23.6 Å². The van der Waals surface area contributed by atoms with Crippen molar-refractivity contribution in [1.82, 2.24) is 14.8 Å². The van der Waals surface area contributed by atoms with Crippen molar-refractivity contribution < 1.29 is 14.7 Å². The van der Waals surface area contributed by atoms with Crippen molar-refractivity contribution in [2.75, 3.05) is 56.1 Å². The fourth-order valence-corrected chi connectivity index (χ4v) is 4.89. The molecule has 2 aromatic rings. The molecule has 9 heteroatoms. The van der Waals surface area contributed by atoms with Crippen molar-refractivity contribution in [3.8, 4) is 0 Å². The second kappa shape index (κ2) is 9.11. The van der Waals surface area contributed by atoms with E-state index in [9.17, 15) is 9.59 Å². The maximum Gasteiger partial charge on any atom is 0.248 e. The first-order chi connectivity index (χ1) is 14.5. The fraction of sp³-hybridized carbons (Fsp3) is 0.476. The highest BCUT2D eigenvalue weighted by Gasteiger charge is 2.23. The summed E-state index contributed by atoms with van der Waals surface area (Å²) < 4.78 is 0. The number of amides is 2. The van der Waals surface area contributed by atoms with Crippen molar-refractivity contribution in [2.24, 2.45) is 0 Å². The van der Waals surface area contributed by atoms with E-state index in [-0.39, 0.29) is 11.8 Å². The predicted molar refractivity (Wildman–Crippen MR) is 117 cm³/mol. The molecule has 0 atom stereocenters. The zero-order valence-electron chi connectivity index (χ0n) is 17.1. The van der Waals surface area contributed by atoms with E-state index in [1.807, 2.05) is 19.1 Å². The van der Waals surface area contributed by atoms with Gasteiger partial charge in [0.05, 0.1) is 6.54 Å². The number of piperazine rings is 1. The Bertz CT molecular complexity index is 923. The third-order valence-corrected chi connectivity index (χ3v) is 6.68. The molecule has 8 nitrogen and oxygen atoms in total. The number of nitrogens with zero attached hydrogens (tertiary/aromatic N) is 4. The summed E-state index contributed by atoms with van der Waals surface area (Å²) in [5.41, 5.74) is 2.35. The lowest BCUT2D eigenvalue weighted by molar-refractivity contribution is -0.134. The Morgan fingerprint density at radius 1 is 1.17 bits per heavy atom. The van der Waals surface area contributed by atoms with Crippen LogP contribution in [0.3, 0.4) is 0 Å². The SMILES string of the molecule is Cc1ccc(NC(=O)CN2CCc3sccc3C2)nc1N1CCN(C(=O)CO)CC1. The van der Waals surface area contributed by atoms with Gasteiger partial charge in [0.15, 0.2) is 0 Å². The van der Waals surface area contributed by atoms with E-state index in [0.717, 1.165) is 30.9 Å². The molecule has 0 bridgehead atoms. The number of hydrogen-bond acceptors (Lipinski definition) is 7. The van der Waals surface area contributed by atoms with Crippen molar-refractivity contribution in [2.45, 2.75) is 19.9 Å². The number of aryl methyl sites for hydroxylation is 1. The van der Waals surface area contributed by atoms with Crippen molar-refractivity contribution in [3.05, 3.63) is 39.6 Å². The summed E-state index contributed by atoms with van der Waals surface area (Å²) in [7, 11) is 0. The van der Waals surface area contributed by atoms with Gasteiger partial charge in [-0.15, -0.1) is 11.3 Å². The van der Waals surface area contributed by atoms with Gasteiger partial charge < -0.3 is 20.2 Å². The Morgan fingerprint density at radius 3 is 2.73 bits per heavy atom. The highest BCUT2D eigenvalue weighted by molar-refractivity contribution is 7.10. The molecule has 4 rings (SSSR count). The van der Waals surface area contributed by atoms with Crippen LogP contribution in [0, 0.1) is 6.92 Å². The van der Waals surface area contributed by atoms with E-state index in [0.29, 0.717) is 38.5 Å². The first kappa shape index (κ1) is 20.8. The van der Waals surface area contributed by atoms with Crippen LogP contribution in [0.1, 0.15) is 16.0 Å². The average molecular weight is 430 g/mol. The molecule has 0 radical (unpaired) electrons. The van der Waals surface area contributed by atoms with Gasteiger partial charge in [0, 0.05) is 44.1 Å². The van der Waals surface area contributed by atoms with E-state index < -0.39 is 6.61 Å². The Hall–Kier alpha value is -2.49. The lowest BCUT2D eigenvalue weighted by atomic mass is 10.1. The number of nitrogens with one attached hydrogen (secondary N) is 1. The highest BCUT2D eigenvalue weighted by atomic mass is 32.1. The Morgan fingerprint density at radius 2 is 1.97 bits per heavy atom. The molecule has 1 fully saturated rings. The van der Waals surface area contributed by atoms with Crippen LogP contribution in [0.5, 0.6) is 0 Å². The molecule has 160 valence electrons. The lowest BCUT2D eigenvalue weighted by Crippen LogP contribution is -2.50. The largest absolute Gasteiger partial charge is 0.387 e. The third kappa shape index (κ3) is 4.63. The van der Waals surface area contributed by atoms with E-state index in [1.54, 1.807) is 16.2 Å². The minimum absolute atomic E-state index is 0.0608. The number of hydrogen-bond donors (Lipinski definition) is 2. The average Bonchev–Trinajstić information content (AvgIpc) is 3.22. The van der Waals surface area contributed by atoms with Gasteiger partial charge in [-0.1, -0.05) is 6.07 Å². The zero-order valence-corrected chi connectivity index (χ0v) is 18.0. The number of aromatic nitrogens is 1. The number of rotatable bonds is 5. The van der Waals surface area contributed by atoms with Crippen molar-refractivity contribution >= 4 is 34.8 Å². The molecular formula is C21H27N5O3S. The summed E-state index contributed by atoms with van der Waals surface area (Å²) in [5.74, 6) is 1.06. The molecule has 2 amide bonds. The highest BCUT2D eigenvalue weighted by Crippen LogP contribution is 2.24. The van der Waals surface area contributed by atoms with Gasteiger partial charge in [-0.05, 0) is 42.0 Å². The summed E-state index contributed by atoms with van der Waals surface area (Å²) in [4.78, 5) is 36.3. The van der Waals surface area contributed by atoms with E-state index >= 15 is 0 Å². The van der Waals surface area contributed by atoms with Crippen LogP contribution in [-0.2, 0) is 22.6 Å². The van der Waals surface area contributed by atoms with Gasteiger partial charge in [0.1, 0.15) is 18.2 Å². The smallest absolute Gasteiger partial charge is 0.248 e. The number of aliphatic hydroxyl groups is 1. The first-order valence-corrected chi connectivity index (χ1v) is 11.1. The quantitative estimate of drug-likeness (QED) is 0.740. The molecule has 30 heavy (non-hydrogen) atoms. The normalized spacial score (nSPS) is 17.0. The van der Waals surface area contributed by atoms with Gasteiger partial charge in [-0.2, -0.15) is 0 Å². The maximum absolute atomic E-state index is 12.6. The molecule has 0 aliphatic carbocycles. The van der Waals surface area contributed by atoms with Crippen molar-refractivity contribution in [3.63, 3.8) is 0 Å². The molecule has 0 aromatic carbocycles. The van der Waals surface area contributed by atoms with Gasteiger partial charge in [-0.25, -0.2) is 4.98 Å². The summed E-state index contributed by atoms with van der Waals surface area (Å²) in [6, 6.07) is 5.93. The van der Waals surface area contributed by atoms with Crippen LogP contribution < -0.4 is 10.2 Å². The molecule has 0 unspecified atom stereocenters. The Labute approximate surface area is 180 Å². The topological polar surface area (TPSA) is 89.0 Å². The second-order valence-electron chi connectivity index (χ2n) is 7.74. The van der Waals surface area contributed by atoms with Crippen LogP contribution >= 0.6 is 11.3 Å². The van der Waals surface area contributed by atoms with E-state index in [1.165, 1.54) is 10.4 Å². The van der Waals surface area contributed by atoms with E-state index in [4.69, 9.17) is 5.11 Å². The summed E-state index contributed by atoms with van der Waals surface area (Å²) in [5, 5.41) is 14.1. The number of aliphatic hydroxyl groups excluding tert-OH is 1. The third-order valence-electron chi connectivity index (χ3n) is 5.66. The summed E-state index contributed by atoms with van der Waals surface area (Å²) in [6.45, 7) is 5.99. The second-order valence-corrected chi connectivity index (χ2v) is 8.74.